The lowest BCUT2D eigenvalue weighted by Gasteiger charge is -2.31. The smallest absolute Gasteiger partial charge is 0.241 e. The summed E-state index contributed by atoms with van der Waals surface area (Å²) in [7, 11) is -3.16. The molecule has 0 aliphatic carbocycles. The van der Waals surface area contributed by atoms with Crippen LogP contribution in [0.25, 0.3) is 6.08 Å². The average molecular weight is 305 g/mol. The predicted octanol–water partition coefficient (Wildman–Crippen LogP) is 1.88. The van der Waals surface area contributed by atoms with Crippen molar-refractivity contribution in [2.24, 2.45) is 0 Å². The molecule has 0 radical (unpaired) electrons. The van der Waals surface area contributed by atoms with Gasteiger partial charge >= 0.3 is 0 Å². The van der Waals surface area contributed by atoms with Gasteiger partial charge in [-0.15, -0.1) is 0 Å². The molecule has 0 bridgehead atoms. The van der Waals surface area contributed by atoms with Gasteiger partial charge in [-0.1, -0.05) is 42.5 Å². The minimum atomic E-state index is -3.16. The van der Waals surface area contributed by atoms with Gasteiger partial charge in [0.15, 0.2) is 9.84 Å². The van der Waals surface area contributed by atoms with E-state index in [9.17, 15) is 13.2 Å². The van der Waals surface area contributed by atoms with Gasteiger partial charge < -0.3 is 4.90 Å². The summed E-state index contributed by atoms with van der Waals surface area (Å²) in [6.45, 7) is 0.661. The molecule has 2 aliphatic rings. The van der Waals surface area contributed by atoms with Crippen LogP contribution in [0.1, 0.15) is 24.8 Å². The normalized spacial score (nSPS) is 27.7. The van der Waals surface area contributed by atoms with Crippen molar-refractivity contribution < 1.29 is 13.2 Å². The Balaban J connectivity index is 1.71. The quantitative estimate of drug-likeness (QED) is 0.857. The standard InChI is InChI=1S/C16H19NO3S/c18-16(15-10-12-21(15,19)20)17-11-4-7-14(17)9-8-13-5-2-1-3-6-13/h1-3,5-6,8-9,14-15H,4,7,10-12H2/b9-8+. The van der Waals surface area contributed by atoms with Crippen molar-refractivity contribution >= 4 is 21.8 Å². The van der Waals surface area contributed by atoms with Crippen molar-refractivity contribution in [3.05, 3.63) is 42.0 Å². The van der Waals surface area contributed by atoms with Crippen LogP contribution in [-0.2, 0) is 14.6 Å². The number of benzene rings is 1. The zero-order chi connectivity index (χ0) is 14.9. The van der Waals surface area contributed by atoms with Gasteiger partial charge in [-0.05, 0) is 24.8 Å². The molecule has 21 heavy (non-hydrogen) atoms. The van der Waals surface area contributed by atoms with E-state index < -0.39 is 15.1 Å². The van der Waals surface area contributed by atoms with Crippen molar-refractivity contribution in [2.75, 3.05) is 12.3 Å². The largest absolute Gasteiger partial charge is 0.335 e. The molecular formula is C16H19NO3S. The van der Waals surface area contributed by atoms with E-state index in [1.807, 2.05) is 42.5 Å². The van der Waals surface area contributed by atoms with Gasteiger partial charge in [0.1, 0.15) is 5.25 Å². The van der Waals surface area contributed by atoms with E-state index in [0.29, 0.717) is 13.0 Å². The third-order valence-electron chi connectivity index (χ3n) is 4.27. The first-order valence-corrected chi connectivity index (χ1v) is 9.05. The summed E-state index contributed by atoms with van der Waals surface area (Å²) in [4.78, 5) is 14.1. The molecule has 5 heteroatoms. The Morgan fingerprint density at radius 1 is 1.19 bits per heavy atom. The number of hydrogen-bond acceptors (Lipinski definition) is 3. The second-order valence-electron chi connectivity index (χ2n) is 5.66. The highest BCUT2D eigenvalue weighted by atomic mass is 32.2. The van der Waals surface area contributed by atoms with Crippen LogP contribution in [0.4, 0.5) is 0 Å². The molecule has 3 rings (SSSR count). The van der Waals surface area contributed by atoms with Crippen LogP contribution in [0.15, 0.2) is 36.4 Å². The fourth-order valence-corrected chi connectivity index (χ4v) is 4.24. The molecule has 0 spiro atoms. The van der Waals surface area contributed by atoms with Gasteiger partial charge in [-0.3, -0.25) is 4.79 Å². The number of amides is 1. The lowest BCUT2D eigenvalue weighted by Crippen LogP contribution is -2.51. The topological polar surface area (TPSA) is 54.5 Å². The van der Waals surface area contributed by atoms with E-state index in [0.717, 1.165) is 18.4 Å². The molecule has 0 saturated carbocycles. The number of carbonyl (C=O) groups is 1. The van der Waals surface area contributed by atoms with Gasteiger partial charge in [-0.2, -0.15) is 0 Å². The van der Waals surface area contributed by atoms with Crippen molar-refractivity contribution in [2.45, 2.75) is 30.6 Å². The van der Waals surface area contributed by atoms with E-state index in [-0.39, 0.29) is 17.7 Å². The number of hydrogen-bond donors (Lipinski definition) is 0. The van der Waals surface area contributed by atoms with Crippen LogP contribution in [0, 0.1) is 0 Å². The molecule has 2 heterocycles. The minimum Gasteiger partial charge on any atom is -0.335 e. The number of nitrogens with zero attached hydrogens (tertiary/aromatic N) is 1. The van der Waals surface area contributed by atoms with Crippen LogP contribution in [0.2, 0.25) is 0 Å². The van der Waals surface area contributed by atoms with Crippen molar-refractivity contribution in [3.8, 4) is 0 Å². The molecule has 2 unspecified atom stereocenters. The van der Waals surface area contributed by atoms with Crippen LogP contribution < -0.4 is 0 Å². The fourth-order valence-electron chi connectivity index (χ4n) is 2.94. The Bertz CT molecular complexity index is 651. The Morgan fingerprint density at radius 2 is 1.95 bits per heavy atom. The third-order valence-corrected chi connectivity index (χ3v) is 6.38. The minimum absolute atomic E-state index is 0.0218. The van der Waals surface area contributed by atoms with Crippen molar-refractivity contribution in [3.63, 3.8) is 0 Å². The first kappa shape index (κ1) is 14.3. The number of rotatable bonds is 3. The number of carbonyl (C=O) groups excluding carboxylic acids is 1. The van der Waals surface area contributed by atoms with E-state index in [1.54, 1.807) is 4.90 Å². The second-order valence-corrected chi connectivity index (χ2v) is 7.96. The fraction of sp³-hybridized carbons (Fsp3) is 0.438. The molecule has 1 amide bonds. The highest BCUT2D eigenvalue weighted by molar-refractivity contribution is 7.94. The molecule has 1 aromatic rings. The molecule has 0 aromatic heterocycles. The predicted molar refractivity (Wildman–Crippen MR) is 82.4 cm³/mol. The Morgan fingerprint density at radius 3 is 2.57 bits per heavy atom. The van der Waals surface area contributed by atoms with Crippen LogP contribution in [0.3, 0.4) is 0 Å². The highest BCUT2D eigenvalue weighted by Gasteiger charge is 2.45. The van der Waals surface area contributed by atoms with Crippen LogP contribution >= 0.6 is 0 Å². The molecule has 2 atom stereocenters. The zero-order valence-corrected chi connectivity index (χ0v) is 12.6. The molecule has 1 aromatic carbocycles. The van der Waals surface area contributed by atoms with Gasteiger partial charge in [0.05, 0.1) is 11.8 Å². The number of likely N-dealkylation sites (tertiary alicyclic amines) is 1. The summed E-state index contributed by atoms with van der Waals surface area (Å²) < 4.78 is 23.3. The Labute approximate surface area is 125 Å². The lowest BCUT2D eigenvalue weighted by molar-refractivity contribution is -0.131. The summed E-state index contributed by atoms with van der Waals surface area (Å²) in [5, 5.41) is -0.789. The molecule has 4 nitrogen and oxygen atoms in total. The summed E-state index contributed by atoms with van der Waals surface area (Å²) in [6.07, 6.45) is 6.34. The molecular weight excluding hydrogens is 286 g/mol. The maximum atomic E-state index is 12.4. The maximum Gasteiger partial charge on any atom is 0.241 e. The molecule has 2 fully saturated rings. The Hall–Kier alpha value is -1.62. The van der Waals surface area contributed by atoms with Gasteiger partial charge in [-0.25, -0.2) is 8.42 Å². The Kier molecular flexibility index (Phi) is 3.85. The monoisotopic (exact) mass is 305 g/mol. The van der Waals surface area contributed by atoms with E-state index in [2.05, 4.69) is 0 Å². The first-order valence-electron chi connectivity index (χ1n) is 7.33. The van der Waals surface area contributed by atoms with Crippen molar-refractivity contribution in [1.29, 1.82) is 0 Å². The summed E-state index contributed by atoms with van der Waals surface area (Å²) in [5.41, 5.74) is 1.09. The van der Waals surface area contributed by atoms with Crippen LogP contribution in [-0.4, -0.2) is 42.8 Å². The van der Waals surface area contributed by atoms with E-state index >= 15 is 0 Å². The average Bonchev–Trinajstić information content (AvgIpc) is 2.93. The first-order chi connectivity index (χ1) is 10.1. The summed E-state index contributed by atoms with van der Waals surface area (Å²) in [5.74, 6) is -0.0524. The third kappa shape index (κ3) is 2.88. The summed E-state index contributed by atoms with van der Waals surface area (Å²) in [6, 6.07) is 9.94. The lowest BCUT2D eigenvalue weighted by atomic mass is 10.1. The maximum absolute atomic E-state index is 12.4. The second kappa shape index (κ2) is 5.64. The van der Waals surface area contributed by atoms with Crippen molar-refractivity contribution in [1.82, 2.24) is 4.90 Å². The highest BCUT2D eigenvalue weighted by Crippen LogP contribution is 2.27. The molecule has 0 N–H and O–H groups in total. The van der Waals surface area contributed by atoms with E-state index in [1.165, 1.54) is 0 Å². The zero-order valence-electron chi connectivity index (χ0n) is 11.8. The molecule has 2 saturated heterocycles. The molecule has 2 aliphatic heterocycles. The van der Waals surface area contributed by atoms with Crippen LogP contribution in [0.5, 0.6) is 0 Å². The SMILES string of the molecule is O=C(C1CCS1(=O)=O)N1CCCC1/C=C/c1ccccc1. The van der Waals surface area contributed by atoms with Gasteiger partial charge in [0, 0.05) is 6.54 Å². The summed E-state index contributed by atoms with van der Waals surface area (Å²) >= 11 is 0. The molecule has 112 valence electrons. The van der Waals surface area contributed by atoms with E-state index in [4.69, 9.17) is 0 Å². The van der Waals surface area contributed by atoms with Gasteiger partial charge in [0.25, 0.3) is 0 Å². The number of sulfone groups is 1. The van der Waals surface area contributed by atoms with Gasteiger partial charge in [0.2, 0.25) is 5.91 Å².